The zero-order chi connectivity index (χ0) is 7.98. The zero-order valence-electron chi connectivity index (χ0n) is 5.92. The maximum Gasteiger partial charge on any atom is 0.322 e. The minimum atomic E-state index is -0.162. The third-order valence-electron chi connectivity index (χ3n) is 0.843. The highest BCUT2D eigenvalue weighted by atomic mass is 32.9. The molecular formula is C5H10O2PS2+. The standard InChI is InChI=1S/C5H9O2PS2/c1-3-7-5(6)4(2)10-8-9/h4H,3H2,1-2H3/p+1. The summed E-state index contributed by atoms with van der Waals surface area (Å²) in [7, 11) is 0. The number of hydrogen-bond donors (Lipinski definition) is 0. The molecule has 0 aromatic rings. The fourth-order valence-electron chi connectivity index (χ4n) is 0.380. The lowest BCUT2D eigenvalue weighted by Crippen LogP contribution is -2.15. The monoisotopic (exact) mass is 197 g/mol. The third-order valence-corrected chi connectivity index (χ3v) is 3.70. The van der Waals surface area contributed by atoms with Gasteiger partial charge in [0, 0.05) is 0 Å². The maximum atomic E-state index is 10.8. The molecule has 0 aromatic heterocycles. The van der Waals surface area contributed by atoms with Gasteiger partial charge in [-0.1, -0.05) is 0 Å². The van der Waals surface area contributed by atoms with Gasteiger partial charge in [-0.15, -0.1) is 0 Å². The molecule has 2 nitrogen and oxygen atoms in total. The highest BCUT2D eigenvalue weighted by Crippen LogP contribution is 2.24. The number of esters is 1. The fraction of sp³-hybridized carbons (Fsp3) is 0.800. The maximum absolute atomic E-state index is 10.8. The summed E-state index contributed by atoms with van der Waals surface area (Å²) in [6.07, 6.45) is 0. The van der Waals surface area contributed by atoms with E-state index in [1.54, 1.807) is 6.92 Å². The van der Waals surface area contributed by atoms with Crippen molar-refractivity contribution in [3.05, 3.63) is 0 Å². The predicted octanol–water partition coefficient (Wildman–Crippen LogP) is 1.73. The molecule has 0 radical (unpaired) electrons. The van der Waals surface area contributed by atoms with Crippen molar-refractivity contribution >= 4 is 35.7 Å². The van der Waals surface area contributed by atoms with Gasteiger partial charge in [-0.25, -0.2) is 0 Å². The van der Waals surface area contributed by atoms with Crippen LogP contribution in [-0.2, 0) is 21.3 Å². The molecule has 0 aromatic carbocycles. The van der Waals surface area contributed by atoms with Gasteiger partial charge in [-0.05, 0) is 13.8 Å². The molecule has 0 N–H and O–H groups in total. The van der Waals surface area contributed by atoms with E-state index in [2.05, 4.69) is 0 Å². The second-order valence-corrected chi connectivity index (χ2v) is 5.41. The third kappa shape index (κ3) is 4.20. The van der Waals surface area contributed by atoms with Crippen LogP contribution in [0.15, 0.2) is 0 Å². The van der Waals surface area contributed by atoms with E-state index in [0.29, 0.717) is 13.2 Å². The number of carbonyl (C=O) groups is 1. The van der Waals surface area contributed by atoms with Crippen molar-refractivity contribution in [1.82, 2.24) is 0 Å². The highest BCUT2D eigenvalue weighted by Gasteiger charge is 2.17. The van der Waals surface area contributed by atoms with Crippen LogP contribution in [0.3, 0.4) is 0 Å². The van der Waals surface area contributed by atoms with Gasteiger partial charge in [0.15, 0.2) is 11.8 Å². The first kappa shape index (κ1) is 10.3. The molecule has 2 atom stereocenters. The first-order chi connectivity index (χ1) is 4.72. The average molecular weight is 197 g/mol. The Bertz CT molecular complexity index is 129. The van der Waals surface area contributed by atoms with E-state index in [1.807, 2.05) is 6.92 Å². The fourth-order valence-corrected chi connectivity index (χ4v) is 2.71. The molecule has 0 amide bonds. The second kappa shape index (κ2) is 6.08. The average Bonchev–Trinajstić information content (AvgIpc) is 1.89. The highest BCUT2D eigenvalue weighted by molar-refractivity contribution is 8.58. The van der Waals surface area contributed by atoms with Crippen LogP contribution in [0.5, 0.6) is 0 Å². The number of hydrogen-bond acceptors (Lipinski definition) is 4. The molecule has 0 aliphatic heterocycles. The van der Waals surface area contributed by atoms with Crippen molar-refractivity contribution in [2.24, 2.45) is 0 Å². The summed E-state index contributed by atoms with van der Waals surface area (Å²) in [6, 6.07) is 0. The van der Waals surface area contributed by atoms with Gasteiger partial charge in [0.1, 0.15) is 16.6 Å². The summed E-state index contributed by atoms with van der Waals surface area (Å²) in [5.74, 6) is -0.162. The van der Waals surface area contributed by atoms with E-state index < -0.39 is 0 Å². The normalized spacial score (nSPS) is 13.0. The van der Waals surface area contributed by atoms with E-state index in [0.717, 1.165) is 0 Å². The van der Waals surface area contributed by atoms with Crippen LogP contribution in [-0.4, -0.2) is 17.8 Å². The molecule has 0 fully saturated rings. The summed E-state index contributed by atoms with van der Waals surface area (Å²) >= 11 is 6.16. The lowest BCUT2D eigenvalue weighted by atomic mass is 10.5. The van der Waals surface area contributed by atoms with E-state index >= 15 is 0 Å². The van der Waals surface area contributed by atoms with Crippen molar-refractivity contribution in [3.8, 4) is 0 Å². The van der Waals surface area contributed by atoms with Gasteiger partial charge in [0.05, 0.1) is 6.61 Å². The lowest BCUT2D eigenvalue weighted by molar-refractivity contribution is -0.142. The molecule has 0 heterocycles. The first-order valence-corrected chi connectivity index (χ1v) is 6.65. The molecular weight excluding hydrogens is 187 g/mol. The van der Waals surface area contributed by atoms with Crippen LogP contribution in [0.4, 0.5) is 0 Å². The molecule has 0 rings (SSSR count). The Kier molecular flexibility index (Phi) is 6.28. The van der Waals surface area contributed by atoms with Crippen LogP contribution in [0, 0.1) is 0 Å². The van der Waals surface area contributed by atoms with Crippen LogP contribution in [0.25, 0.3) is 0 Å². The van der Waals surface area contributed by atoms with E-state index in [1.165, 1.54) is 11.4 Å². The molecule has 5 heteroatoms. The Balaban J connectivity index is 3.58. The van der Waals surface area contributed by atoms with Crippen molar-refractivity contribution in [2.75, 3.05) is 6.61 Å². The van der Waals surface area contributed by atoms with Crippen molar-refractivity contribution in [1.29, 1.82) is 0 Å². The van der Waals surface area contributed by atoms with Crippen LogP contribution >= 0.6 is 17.9 Å². The van der Waals surface area contributed by atoms with E-state index in [4.69, 9.17) is 16.5 Å². The summed E-state index contributed by atoms with van der Waals surface area (Å²) in [6.45, 7) is 4.39. The number of carbonyl (C=O) groups excluding carboxylic acids is 1. The minimum Gasteiger partial charge on any atom is -0.465 e. The van der Waals surface area contributed by atoms with Crippen LogP contribution in [0.2, 0.25) is 0 Å². The Labute approximate surface area is 71.3 Å². The Hall–Kier alpha value is 0.340. The van der Waals surface area contributed by atoms with Gasteiger partial charge >= 0.3 is 5.97 Å². The Morgan fingerprint density at radius 1 is 1.90 bits per heavy atom. The zero-order valence-corrected chi connectivity index (χ0v) is 8.55. The molecule has 0 bridgehead atoms. The summed E-state index contributed by atoms with van der Waals surface area (Å²) in [5.41, 5.74) is 0. The molecule has 2 unspecified atom stereocenters. The largest absolute Gasteiger partial charge is 0.465 e. The summed E-state index contributed by atoms with van der Waals surface area (Å²) < 4.78 is 4.75. The molecule has 58 valence electrons. The number of ether oxygens (including phenoxy) is 1. The van der Waals surface area contributed by atoms with Crippen LogP contribution in [0.1, 0.15) is 13.8 Å². The molecule has 10 heavy (non-hydrogen) atoms. The molecule has 0 saturated heterocycles. The Morgan fingerprint density at radius 2 is 2.50 bits per heavy atom. The van der Waals surface area contributed by atoms with E-state index in [-0.39, 0.29) is 11.2 Å². The summed E-state index contributed by atoms with van der Waals surface area (Å²) in [4.78, 5) is 10.8. The van der Waals surface area contributed by atoms with Gasteiger partial charge in [-0.3, -0.25) is 4.79 Å². The van der Waals surface area contributed by atoms with Gasteiger partial charge in [-0.2, -0.15) is 0 Å². The van der Waals surface area contributed by atoms with Crippen molar-refractivity contribution in [3.63, 3.8) is 0 Å². The number of rotatable bonds is 4. The SMILES string of the molecule is CCOC(=O)C(C)S[PH+]=S. The first-order valence-electron chi connectivity index (χ1n) is 2.91. The Morgan fingerprint density at radius 3 is 2.90 bits per heavy atom. The van der Waals surface area contributed by atoms with Gasteiger partial charge in [0.2, 0.25) is 6.56 Å². The quantitative estimate of drug-likeness (QED) is 0.506. The molecule has 0 aliphatic rings. The topological polar surface area (TPSA) is 26.3 Å². The molecule has 0 saturated carbocycles. The molecule has 0 aliphatic carbocycles. The van der Waals surface area contributed by atoms with E-state index in [9.17, 15) is 4.79 Å². The van der Waals surface area contributed by atoms with Gasteiger partial charge < -0.3 is 4.74 Å². The van der Waals surface area contributed by atoms with Crippen LogP contribution < -0.4 is 0 Å². The van der Waals surface area contributed by atoms with Crippen molar-refractivity contribution in [2.45, 2.75) is 19.1 Å². The minimum absolute atomic E-state index is 0.101. The lowest BCUT2D eigenvalue weighted by Gasteiger charge is -2.01. The predicted molar refractivity (Wildman–Crippen MR) is 49.4 cm³/mol. The molecule has 0 spiro atoms. The summed E-state index contributed by atoms with van der Waals surface area (Å²) in [5, 5.41) is -0.101. The second-order valence-electron chi connectivity index (χ2n) is 1.60. The smallest absolute Gasteiger partial charge is 0.322 e. The van der Waals surface area contributed by atoms with Crippen molar-refractivity contribution < 1.29 is 9.53 Å². The van der Waals surface area contributed by atoms with Gasteiger partial charge in [0.25, 0.3) is 0 Å².